The molecule has 2 rings (SSSR count). The van der Waals surface area contributed by atoms with Gasteiger partial charge in [0.1, 0.15) is 11.5 Å². The molecule has 19 heavy (non-hydrogen) atoms. The monoisotopic (exact) mass is 259 g/mol. The maximum Gasteiger partial charge on any atom is 0.106 e. The lowest BCUT2D eigenvalue weighted by molar-refractivity contribution is 0.500. The Morgan fingerprint density at radius 3 is 2.63 bits per heavy atom. The average Bonchev–Trinajstić information content (AvgIpc) is 2.69. The first-order chi connectivity index (χ1) is 8.99. The minimum Gasteiger partial charge on any atom is -0.466 e. The molecule has 1 N–H and O–H groups in total. The summed E-state index contributed by atoms with van der Waals surface area (Å²) < 4.78 is 5.58. The molecule has 4 heteroatoms. The van der Waals surface area contributed by atoms with E-state index in [2.05, 4.69) is 28.2 Å². The fourth-order valence-corrected chi connectivity index (χ4v) is 2.28. The number of rotatable bonds is 4. The van der Waals surface area contributed by atoms with E-state index < -0.39 is 0 Å². The number of aryl methyl sites for hydroxylation is 2. The molecular weight excluding hydrogens is 238 g/mol. The highest BCUT2D eigenvalue weighted by atomic mass is 16.3. The van der Waals surface area contributed by atoms with Crippen molar-refractivity contribution in [2.45, 2.75) is 26.8 Å². The van der Waals surface area contributed by atoms with Gasteiger partial charge in [0.2, 0.25) is 0 Å². The number of furan rings is 1. The first-order valence-electron chi connectivity index (χ1n) is 6.44. The third-order valence-corrected chi connectivity index (χ3v) is 3.20. The minimum atomic E-state index is 0.181. The van der Waals surface area contributed by atoms with E-state index in [9.17, 15) is 0 Å². The molecule has 4 nitrogen and oxygen atoms in total. The van der Waals surface area contributed by atoms with E-state index >= 15 is 0 Å². The van der Waals surface area contributed by atoms with Crippen LogP contribution in [0.25, 0.3) is 0 Å². The van der Waals surface area contributed by atoms with Gasteiger partial charge in [-0.05, 0) is 32.9 Å². The lowest BCUT2D eigenvalue weighted by Gasteiger charge is -2.21. The van der Waals surface area contributed by atoms with Crippen LogP contribution in [0.4, 0.5) is 11.4 Å². The number of anilines is 2. The average molecular weight is 259 g/mol. The van der Waals surface area contributed by atoms with E-state index in [-0.39, 0.29) is 6.04 Å². The van der Waals surface area contributed by atoms with Crippen LogP contribution >= 0.6 is 0 Å². The van der Waals surface area contributed by atoms with Gasteiger partial charge in [0.05, 0.1) is 23.6 Å². The fraction of sp³-hybridized carbons (Fsp3) is 0.400. The van der Waals surface area contributed by atoms with Crippen LogP contribution in [0.2, 0.25) is 0 Å². The summed E-state index contributed by atoms with van der Waals surface area (Å²) in [6.07, 6.45) is 3.66. The van der Waals surface area contributed by atoms with Gasteiger partial charge >= 0.3 is 0 Å². The molecule has 0 saturated heterocycles. The highest BCUT2D eigenvalue weighted by molar-refractivity contribution is 5.68. The molecule has 0 saturated carbocycles. The number of nitrogens with zero attached hydrogens (tertiary/aromatic N) is 2. The van der Waals surface area contributed by atoms with Crippen molar-refractivity contribution in [1.82, 2.24) is 4.98 Å². The molecular formula is C15H21N3O. The van der Waals surface area contributed by atoms with Crippen molar-refractivity contribution in [2.24, 2.45) is 0 Å². The Bertz CT molecular complexity index is 560. The third kappa shape index (κ3) is 2.89. The number of hydrogen-bond donors (Lipinski definition) is 1. The second kappa shape index (κ2) is 5.34. The van der Waals surface area contributed by atoms with Crippen LogP contribution in [0.1, 0.15) is 30.0 Å². The summed E-state index contributed by atoms with van der Waals surface area (Å²) in [7, 11) is 4.05. The maximum absolute atomic E-state index is 5.58. The Morgan fingerprint density at radius 1 is 1.32 bits per heavy atom. The van der Waals surface area contributed by atoms with E-state index in [1.807, 2.05) is 40.2 Å². The predicted octanol–water partition coefficient (Wildman–Crippen LogP) is 3.53. The van der Waals surface area contributed by atoms with Gasteiger partial charge in [-0.1, -0.05) is 0 Å². The summed E-state index contributed by atoms with van der Waals surface area (Å²) in [4.78, 5) is 6.26. The molecule has 0 spiro atoms. The highest BCUT2D eigenvalue weighted by Gasteiger charge is 2.14. The van der Waals surface area contributed by atoms with Crippen molar-refractivity contribution >= 4 is 11.4 Å². The largest absolute Gasteiger partial charge is 0.466 e. The Hall–Kier alpha value is -1.97. The van der Waals surface area contributed by atoms with Crippen LogP contribution in [0, 0.1) is 13.8 Å². The molecule has 2 aromatic rings. The maximum atomic E-state index is 5.58. The smallest absolute Gasteiger partial charge is 0.106 e. The number of pyridine rings is 1. The van der Waals surface area contributed by atoms with Gasteiger partial charge in [-0.2, -0.15) is 0 Å². The van der Waals surface area contributed by atoms with Crippen LogP contribution in [0.5, 0.6) is 0 Å². The number of hydrogen-bond acceptors (Lipinski definition) is 4. The summed E-state index contributed by atoms with van der Waals surface area (Å²) in [5, 5.41) is 3.50. The van der Waals surface area contributed by atoms with Crippen molar-refractivity contribution in [1.29, 1.82) is 0 Å². The summed E-state index contributed by atoms with van der Waals surface area (Å²) in [5.74, 6) is 1.91. The van der Waals surface area contributed by atoms with Crippen molar-refractivity contribution < 1.29 is 4.42 Å². The molecule has 1 atom stereocenters. The zero-order valence-corrected chi connectivity index (χ0v) is 12.2. The molecule has 102 valence electrons. The molecule has 0 bridgehead atoms. The van der Waals surface area contributed by atoms with Crippen LogP contribution in [0.15, 0.2) is 28.9 Å². The molecule has 0 radical (unpaired) electrons. The standard InChI is InChI=1S/C15H21N3O/c1-10-8-13(12(3)19-10)11(2)17-14-9-16-7-6-15(14)18(4)5/h6-9,11,17H,1-5H3. The SMILES string of the molecule is Cc1cc(C(C)Nc2cnccc2N(C)C)c(C)o1. The second-order valence-electron chi connectivity index (χ2n) is 5.02. The van der Waals surface area contributed by atoms with Crippen LogP contribution in [0.3, 0.4) is 0 Å². The van der Waals surface area contributed by atoms with Crippen LogP contribution in [-0.2, 0) is 0 Å². The zero-order valence-electron chi connectivity index (χ0n) is 12.2. The summed E-state index contributed by atoms with van der Waals surface area (Å²) >= 11 is 0. The summed E-state index contributed by atoms with van der Waals surface area (Å²) in [6.45, 7) is 6.10. The molecule has 2 heterocycles. The normalized spacial score (nSPS) is 12.3. The molecule has 0 fully saturated rings. The topological polar surface area (TPSA) is 41.3 Å². The molecule has 0 aliphatic rings. The fourth-order valence-electron chi connectivity index (χ4n) is 2.28. The van der Waals surface area contributed by atoms with Crippen molar-refractivity contribution in [3.63, 3.8) is 0 Å². The quantitative estimate of drug-likeness (QED) is 0.912. The first kappa shape index (κ1) is 13.5. The van der Waals surface area contributed by atoms with Gasteiger partial charge < -0.3 is 14.6 Å². The van der Waals surface area contributed by atoms with Crippen LogP contribution in [-0.4, -0.2) is 19.1 Å². The molecule has 0 aromatic carbocycles. The van der Waals surface area contributed by atoms with E-state index in [1.165, 1.54) is 5.56 Å². The number of aromatic nitrogens is 1. The van der Waals surface area contributed by atoms with E-state index in [0.29, 0.717) is 0 Å². The molecule has 2 aromatic heterocycles. The second-order valence-corrected chi connectivity index (χ2v) is 5.02. The Morgan fingerprint density at radius 2 is 2.05 bits per heavy atom. The summed E-state index contributed by atoms with van der Waals surface area (Å²) in [6, 6.07) is 4.27. The van der Waals surface area contributed by atoms with Crippen LogP contribution < -0.4 is 10.2 Å². The van der Waals surface area contributed by atoms with Gasteiger partial charge in [-0.25, -0.2) is 0 Å². The summed E-state index contributed by atoms with van der Waals surface area (Å²) in [5.41, 5.74) is 3.34. The van der Waals surface area contributed by atoms with E-state index in [0.717, 1.165) is 22.9 Å². The molecule has 0 aliphatic heterocycles. The number of nitrogens with one attached hydrogen (secondary N) is 1. The lowest BCUT2D eigenvalue weighted by atomic mass is 10.1. The van der Waals surface area contributed by atoms with E-state index in [4.69, 9.17) is 4.42 Å². The van der Waals surface area contributed by atoms with Gasteiger partial charge in [0.15, 0.2) is 0 Å². The minimum absolute atomic E-state index is 0.181. The zero-order chi connectivity index (χ0) is 14.0. The Balaban J connectivity index is 2.24. The lowest BCUT2D eigenvalue weighted by Crippen LogP contribution is -2.14. The van der Waals surface area contributed by atoms with Gasteiger partial charge in [0.25, 0.3) is 0 Å². The van der Waals surface area contributed by atoms with Gasteiger partial charge in [-0.3, -0.25) is 4.98 Å². The molecule has 1 unspecified atom stereocenters. The van der Waals surface area contributed by atoms with Crippen molar-refractivity contribution in [3.8, 4) is 0 Å². The third-order valence-electron chi connectivity index (χ3n) is 3.20. The van der Waals surface area contributed by atoms with Crippen molar-refractivity contribution in [2.75, 3.05) is 24.3 Å². The Labute approximate surface area is 114 Å². The van der Waals surface area contributed by atoms with Gasteiger partial charge in [0, 0.05) is 25.9 Å². The first-order valence-corrected chi connectivity index (χ1v) is 6.44. The Kier molecular flexibility index (Phi) is 3.79. The molecule has 0 aliphatic carbocycles. The van der Waals surface area contributed by atoms with Crippen molar-refractivity contribution in [3.05, 3.63) is 41.6 Å². The van der Waals surface area contributed by atoms with E-state index in [1.54, 1.807) is 6.20 Å². The highest BCUT2D eigenvalue weighted by Crippen LogP contribution is 2.29. The van der Waals surface area contributed by atoms with Gasteiger partial charge in [-0.15, -0.1) is 0 Å². The predicted molar refractivity (Wildman–Crippen MR) is 78.8 cm³/mol. The molecule has 0 amide bonds.